The Morgan fingerprint density at radius 2 is 1.67 bits per heavy atom. The Kier molecular flexibility index (Phi) is 6.96. The second-order valence-corrected chi connectivity index (χ2v) is 5.48. The fourth-order valence-electron chi connectivity index (χ4n) is 1.83. The smallest absolute Gasteiger partial charge is 0.309 e. The van der Waals surface area contributed by atoms with Crippen LogP contribution in [0.2, 0.25) is 0 Å². The molecular weight excluding hydrogens is 230 g/mol. The van der Waals surface area contributed by atoms with E-state index in [0.717, 1.165) is 19.4 Å². The summed E-state index contributed by atoms with van der Waals surface area (Å²) in [6.45, 7) is 10.7. The molecule has 0 aromatic carbocycles. The molecule has 0 aliphatic heterocycles. The lowest BCUT2D eigenvalue weighted by atomic mass is 9.88. The number of rotatable bonds is 8. The molecule has 1 N–H and O–H groups in total. The molecule has 4 heteroatoms. The zero-order valence-electron chi connectivity index (χ0n) is 12.3. The Balaban J connectivity index is 4.58. The summed E-state index contributed by atoms with van der Waals surface area (Å²) in [5, 5.41) is 9.05. The molecule has 0 aliphatic rings. The number of aliphatic carboxylic acids is 1. The molecule has 0 rings (SSSR count). The molecule has 1 amide bonds. The maximum atomic E-state index is 12.1. The lowest BCUT2D eigenvalue weighted by Crippen LogP contribution is -2.39. The average molecular weight is 257 g/mol. The number of carbonyl (C=O) groups excluding carboxylic acids is 1. The van der Waals surface area contributed by atoms with Gasteiger partial charge in [0.2, 0.25) is 5.91 Å². The van der Waals surface area contributed by atoms with Crippen molar-refractivity contribution in [1.82, 2.24) is 4.90 Å². The maximum Gasteiger partial charge on any atom is 0.309 e. The van der Waals surface area contributed by atoms with Gasteiger partial charge in [-0.2, -0.15) is 0 Å². The van der Waals surface area contributed by atoms with Crippen molar-refractivity contribution < 1.29 is 14.7 Å². The highest BCUT2D eigenvalue weighted by atomic mass is 16.4. The van der Waals surface area contributed by atoms with E-state index in [2.05, 4.69) is 13.8 Å². The monoisotopic (exact) mass is 257 g/mol. The number of carboxylic acids is 1. The van der Waals surface area contributed by atoms with Gasteiger partial charge in [0.15, 0.2) is 0 Å². The van der Waals surface area contributed by atoms with Crippen LogP contribution in [0.4, 0.5) is 0 Å². The molecule has 0 aromatic rings. The van der Waals surface area contributed by atoms with Gasteiger partial charge in [-0.25, -0.2) is 0 Å². The van der Waals surface area contributed by atoms with Gasteiger partial charge in [0, 0.05) is 19.5 Å². The molecular formula is C14H27NO3. The zero-order chi connectivity index (χ0) is 14.3. The van der Waals surface area contributed by atoms with E-state index in [4.69, 9.17) is 5.11 Å². The van der Waals surface area contributed by atoms with Crippen LogP contribution in [0, 0.1) is 11.3 Å². The van der Waals surface area contributed by atoms with Gasteiger partial charge < -0.3 is 10.0 Å². The molecule has 0 aromatic heterocycles. The van der Waals surface area contributed by atoms with Crippen LogP contribution in [0.5, 0.6) is 0 Å². The molecule has 0 bridgehead atoms. The summed E-state index contributed by atoms with van der Waals surface area (Å²) in [6.07, 6.45) is 2.15. The fourth-order valence-corrected chi connectivity index (χ4v) is 1.83. The van der Waals surface area contributed by atoms with Crippen LogP contribution in [0.25, 0.3) is 0 Å². The molecule has 0 unspecified atom stereocenters. The number of hydrogen-bond acceptors (Lipinski definition) is 2. The van der Waals surface area contributed by atoms with E-state index in [-0.39, 0.29) is 12.3 Å². The van der Waals surface area contributed by atoms with Crippen LogP contribution < -0.4 is 0 Å². The largest absolute Gasteiger partial charge is 0.481 e. The molecule has 106 valence electrons. The predicted octanol–water partition coefficient (Wildman–Crippen LogP) is 2.77. The lowest BCUT2D eigenvalue weighted by molar-refractivity contribution is -0.151. The van der Waals surface area contributed by atoms with Crippen LogP contribution in [-0.4, -0.2) is 35.0 Å². The first-order valence-electron chi connectivity index (χ1n) is 6.79. The van der Waals surface area contributed by atoms with Crippen molar-refractivity contribution in [2.75, 3.05) is 13.1 Å². The highest BCUT2D eigenvalue weighted by Gasteiger charge is 2.32. The van der Waals surface area contributed by atoms with Crippen LogP contribution in [0.15, 0.2) is 0 Å². The summed E-state index contributed by atoms with van der Waals surface area (Å²) >= 11 is 0. The SMILES string of the molecule is CCC(CC)CN(CC)C(=O)CC(C)(C)C(=O)O. The molecule has 0 heterocycles. The van der Waals surface area contributed by atoms with Crippen molar-refractivity contribution in [3.05, 3.63) is 0 Å². The Hall–Kier alpha value is -1.06. The van der Waals surface area contributed by atoms with Gasteiger partial charge in [0.25, 0.3) is 0 Å². The average Bonchev–Trinajstić information content (AvgIpc) is 2.29. The molecule has 18 heavy (non-hydrogen) atoms. The van der Waals surface area contributed by atoms with Crippen molar-refractivity contribution in [3.8, 4) is 0 Å². The summed E-state index contributed by atoms with van der Waals surface area (Å²) in [6, 6.07) is 0. The second kappa shape index (κ2) is 7.39. The van der Waals surface area contributed by atoms with Crippen LogP contribution >= 0.6 is 0 Å². The Labute approximate surface area is 110 Å². The van der Waals surface area contributed by atoms with Gasteiger partial charge in [0.05, 0.1) is 5.41 Å². The van der Waals surface area contributed by atoms with Gasteiger partial charge in [-0.05, 0) is 26.7 Å². The van der Waals surface area contributed by atoms with Crippen molar-refractivity contribution in [2.24, 2.45) is 11.3 Å². The molecule has 0 saturated heterocycles. The number of carboxylic acid groups (broad SMARTS) is 1. The minimum absolute atomic E-state index is 0.0585. The van der Waals surface area contributed by atoms with Crippen molar-refractivity contribution in [1.29, 1.82) is 0 Å². The fraction of sp³-hybridized carbons (Fsp3) is 0.857. The lowest BCUT2D eigenvalue weighted by Gasteiger charge is -2.28. The third kappa shape index (κ3) is 5.07. The first-order valence-corrected chi connectivity index (χ1v) is 6.79. The topological polar surface area (TPSA) is 57.6 Å². The molecule has 0 radical (unpaired) electrons. The summed E-state index contributed by atoms with van der Waals surface area (Å²) in [4.78, 5) is 24.9. The quantitative estimate of drug-likeness (QED) is 0.727. The molecule has 0 aliphatic carbocycles. The first kappa shape index (κ1) is 16.9. The summed E-state index contributed by atoms with van der Waals surface area (Å²) in [7, 11) is 0. The molecule has 0 atom stereocenters. The number of carbonyl (C=O) groups is 2. The Morgan fingerprint density at radius 1 is 1.17 bits per heavy atom. The minimum atomic E-state index is -0.988. The molecule has 0 fully saturated rings. The van der Waals surface area contributed by atoms with E-state index in [1.54, 1.807) is 18.7 Å². The Bertz CT molecular complexity index is 283. The summed E-state index contributed by atoms with van der Waals surface area (Å²) < 4.78 is 0. The van der Waals surface area contributed by atoms with Crippen LogP contribution in [-0.2, 0) is 9.59 Å². The number of nitrogens with zero attached hydrogens (tertiary/aromatic N) is 1. The van der Waals surface area contributed by atoms with Crippen molar-refractivity contribution >= 4 is 11.9 Å². The van der Waals surface area contributed by atoms with E-state index in [9.17, 15) is 9.59 Å². The number of amides is 1. The van der Waals surface area contributed by atoms with Crippen molar-refractivity contribution in [2.45, 2.75) is 53.9 Å². The minimum Gasteiger partial charge on any atom is -0.481 e. The third-order valence-corrected chi connectivity index (χ3v) is 3.54. The van der Waals surface area contributed by atoms with Crippen LogP contribution in [0.3, 0.4) is 0 Å². The number of hydrogen-bond donors (Lipinski definition) is 1. The maximum absolute atomic E-state index is 12.1. The highest BCUT2D eigenvalue weighted by molar-refractivity contribution is 5.84. The van der Waals surface area contributed by atoms with E-state index < -0.39 is 11.4 Å². The summed E-state index contributed by atoms with van der Waals surface area (Å²) in [5.74, 6) is -0.479. The standard InChI is InChI=1S/C14H27NO3/c1-6-11(7-2)10-15(8-3)12(16)9-14(4,5)13(17)18/h11H,6-10H2,1-5H3,(H,17,18). The van der Waals surface area contributed by atoms with E-state index in [1.165, 1.54) is 0 Å². The second-order valence-electron chi connectivity index (χ2n) is 5.48. The van der Waals surface area contributed by atoms with Gasteiger partial charge in [-0.3, -0.25) is 9.59 Å². The normalized spacial score (nSPS) is 11.7. The predicted molar refractivity (Wildman–Crippen MR) is 72.4 cm³/mol. The first-order chi connectivity index (χ1) is 8.28. The zero-order valence-corrected chi connectivity index (χ0v) is 12.3. The van der Waals surface area contributed by atoms with Crippen LogP contribution in [0.1, 0.15) is 53.9 Å². The summed E-state index contributed by atoms with van der Waals surface area (Å²) in [5.41, 5.74) is -0.988. The third-order valence-electron chi connectivity index (χ3n) is 3.54. The van der Waals surface area contributed by atoms with E-state index >= 15 is 0 Å². The van der Waals surface area contributed by atoms with Crippen molar-refractivity contribution in [3.63, 3.8) is 0 Å². The molecule has 0 spiro atoms. The van der Waals surface area contributed by atoms with E-state index in [0.29, 0.717) is 12.5 Å². The van der Waals surface area contributed by atoms with Gasteiger partial charge in [-0.15, -0.1) is 0 Å². The Morgan fingerprint density at radius 3 is 2.00 bits per heavy atom. The molecule has 0 saturated carbocycles. The van der Waals surface area contributed by atoms with Gasteiger partial charge >= 0.3 is 5.97 Å². The van der Waals surface area contributed by atoms with Gasteiger partial charge in [-0.1, -0.05) is 26.7 Å². The molecule has 4 nitrogen and oxygen atoms in total. The van der Waals surface area contributed by atoms with Gasteiger partial charge in [0.1, 0.15) is 0 Å². The van der Waals surface area contributed by atoms with E-state index in [1.807, 2.05) is 6.92 Å². The highest BCUT2D eigenvalue weighted by Crippen LogP contribution is 2.22.